The highest BCUT2D eigenvalue weighted by Gasteiger charge is 2.13. The van der Waals surface area contributed by atoms with E-state index in [0.29, 0.717) is 17.9 Å². The molecular formula is C16H8Br4F2O. The summed E-state index contributed by atoms with van der Waals surface area (Å²) in [6.45, 7) is 0. The molecule has 0 unspecified atom stereocenters. The predicted molar refractivity (Wildman–Crippen MR) is 105 cm³/mol. The molecule has 0 amide bonds. The summed E-state index contributed by atoms with van der Waals surface area (Å²) in [5.74, 6) is -1.27. The third-order valence-corrected chi connectivity index (χ3v) is 3.65. The van der Waals surface area contributed by atoms with Gasteiger partial charge in [-0.3, -0.25) is 0 Å². The molecule has 2 rings (SSSR count). The van der Waals surface area contributed by atoms with Crippen LogP contribution in [0.15, 0.2) is 43.2 Å². The van der Waals surface area contributed by atoms with Crippen molar-refractivity contribution in [1.29, 1.82) is 0 Å². The molecule has 1 nitrogen and oxygen atoms in total. The predicted octanol–water partition coefficient (Wildman–Crippen LogP) is 7.93. The second-order valence-electron chi connectivity index (χ2n) is 4.29. The quantitative estimate of drug-likeness (QED) is 0.361. The molecule has 0 saturated heterocycles. The van der Waals surface area contributed by atoms with Crippen molar-refractivity contribution in [3.05, 3.63) is 65.9 Å². The molecule has 0 aliphatic carbocycles. The molecule has 120 valence electrons. The fraction of sp³-hybridized carbons (Fsp3) is 0. The monoisotopic (exact) mass is 570 g/mol. The summed E-state index contributed by atoms with van der Waals surface area (Å²) in [4.78, 5) is 0. The Bertz CT molecular complexity index is 714. The van der Waals surface area contributed by atoms with Gasteiger partial charge in [-0.2, -0.15) is 0 Å². The van der Waals surface area contributed by atoms with Gasteiger partial charge < -0.3 is 4.74 Å². The Hall–Kier alpha value is -0.500. The normalized spacial score (nSPS) is 10.2. The van der Waals surface area contributed by atoms with Crippen molar-refractivity contribution in [2.75, 3.05) is 0 Å². The van der Waals surface area contributed by atoms with E-state index in [1.54, 1.807) is 36.4 Å². The molecule has 0 saturated carbocycles. The molecule has 0 fully saturated rings. The number of benzene rings is 2. The molecule has 0 bridgehead atoms. The molecule has 23 heavy (non-hydrogen) atoms. The Kier molecular flexibility index (Phi) is 7.00. The van der Waals surface area contributed by atoms with Gasteiger partial charge in [-0.25, -0.2) is 8.78 Å². The lowest BCUT2D eigenvalue weighted by atomic mass is 10.2. The zero-order valence-corrected chi connectivity index (χ0v) is 17.6. The van der Waals surface area contributed by atoms with Gasteiger partial charge in [0.15, 0.2) is 23.1 Å². The maximum atomic E-state index is 14.4. The van der Waals surface area contributed by atoms with Crippen LogP contribution in [-0.2, 0) is 0 Å². The highest BCUT2D eigenvalue weighted by molar-refractivity contribution is 9.28. The summed E-state index contributed by atoms with van der Waals surface area (Å²) < 4.78 is 35.4. The van der Waals surface area contributed by atoms with Gasteiger partial charge in [-0.05, 0) is 88.0 Å². The number of halogens is 6. The van der Waals surface area contributed by atoms with Crippen LogP contribution in [0.4, 0.5) is 8.78 Å². The van der Waals surface area contributed by atoms with Crippen molar-refractivity contribution in [2.45, 2.75) is 0 Å². The zero-order chi connectivity index (χ0) is 17.0. The fourth-order valence-corrected chi connectivity index (χ4v) is 2.78. The molecule has 0 spiro atoms. The van der Waals surface area contributed by atoms with E-state index in [4.69, 9.17) is 4.74 Å². The minimum Gasteiger partial charge on any atom is -0.451 e. The summed E-state index contributed by atoms with van der Waals surface area (Å²) in [7, 11) is 0. The van der Waals surface area contributed by atoms with E-state index in [0.717, 1.165) is 0 Å². The topological polar surface area (TPSA) is 9.23 Å². The van der Waals surface area contributed by atoms with Crippen molar-refractivity contribution in [3.63, 3.8) is 0 Å². The van der Waals surface area contributed by atoms with Crippen LogP contribution in [0, 0.1) is 11.6 Å². The van der Waals surface area contributed by atoms with Gasteiger partial charge in [0.1, 0.15) is 0 Å². The standard InChI is InChI=1S/C16H8Br4F2O/c17-13(18)7-9-3-1-5-11(15(9)21)23-12-6-2-4-10(16(12)22)8-14(19)20/h1-8H. The van der Waals surface area contributed by atoms with E-state index in [-0.39, 0.29) is 11.5 Å². The van der Waals surface area contributed by atoms with Crippen LogP contribution in [0.2, 0.25) is 0 Å². The second-order valence-corrected chi connectivity index (χ2v) is 9.83. The summed E-state index contributed by atoms with van der Waals surface area (Å²) in [5, 5.41) is 0. The van der Waals surface area contributed by atoms with Crippen LogP contribution in [0.3, 0.4) is 0 Å². The van der Waals surface area contributed by atoms with Gasteiger partial charge in [0.25, 0.3) is 0 Å². The summed E-state index contributed by atoms with van der Waals surface area (Å²) in [6.07, 6.45) is 3.08. The smallest absolute Gasteiger partial charge is 0.172 e. The van der Waals surface area contributed by atoms with Gasteiger partial charge in [0.05, 0.1) is 6.78 Å². The first-order valence-corrected chi connectivity index (χ1v) is 9.36. The van der Waals surface area contributed by atoms with Crippen LogP contribution in [0.1, 0.15) is 11.1 Å². The summed E-state index contributed by atoms with van der Waals surface area (Å²) >= 11 is 12.7. The Morgan fingerprint density at radius 1 is 0.739 bits per heavy atom. The van der Waals surface area contributed by atoms with Gasteiger partial charge in [0.2, 0.25) is 0 Å². The van der Waals surface area contributed by atoms with Crippen molar-refractivity contribution < 1.29 is 13.5 Å². The molecule has 0 aliphatic heterocycles. The molecule has 0 atom stereocenters. The minimum absolute atomic E-state index is 0.0575. The maximum Gasteiger partial charge on any atom is 0.172 e. The number of ether oxygens (including phenoxy) is 1. The second kappa shape index (κ2) is 8.55. The van der Waals surface area contributed by atoms with Crippen LogP contribution < -0.4 is 4.74 Å². The van der Waals surface area contributed by atoms with E-state index < -0.39 is 11.6 Å². The average Bonchev–Trinajstić information content (AvgIpc) is 2.46. The van der Waals surface area contributed by atoms with Gasteiger partial charge >= 0.3 is 0 Å². The van der Waals surface area contributed by atoms with Crippen LogP contribution in [-0.4, -0.2) is 0 Å². The molecule has 0 N–H and O–H groups in total. The molecule has 7 heteroatoms. The van der Waals surface area contributed by atoms with Crippen LogP contribution in [0.5, 0.6) is 11.5 Å². The van der Waals surface area contributed by atoms with Crippen molar-refractivity contribution in [3.8, 4) is 11.5 Å². The summed E-state index contributed by atoms with van der Waals surface area (Å²) in [5.41, 5.74) is 0.622. The average molecular weight is 574 g/mol. The first-order valence-electron chi connectivity index (χ1n) is 6.18. The molecule has 0 radical (unpaired) electrons. The van der Waals surface area contributed by atoms with Gasteiger partial charge in [-0.1, -0.05) is 24.3 Å². The van der Waals surface area contributed by atoms with E-state index in [1.807, 2.05) is 0 Å². The van der Waals surface area contributed by atoms with Gasteiger partial charge in [-0.15, -0.1) is 0 Å². The molecule has 0 aliphatic rings. The highest BCUT2D eigenvalue weighted by atomic mass is 79.9. The van der Waals surface area contributed by atoms with Crippen LogP contribution >= 0.6 is 63.7 Å². The Morgan fingerprint density at radius 2 is 1.13 bits per heavy atom. The highest BCUT2D eigenvalue weighted by Crippen LogP contribution is 2.32. The van der Waals surface area contributed by atoms with Gasteiger partial charge in [0, 0.05) is 11.1 Å². The SMILES string of the molecule is Fc1c(C=C(Br)Br)cccc1Oc1cccc(C=C(Br)Br)c1F. The zero-order valence-electron chi connectivity index (χ0n) is 11.3. The minimum atomic E-state index is -0.578. The molecule has 2 aromatic carbocycles. The first-order chi connectivity index (χ1) is 10.9. The summed E-state index contributed by atoms with van der Waals surface area (Å²) in [6, 6.07) is 9.31. The Balaban J connectivity index is 2.41. The fourth-order valence-electron chi connectivity index (χ4n) is 1.79. The number of hydrogen-bond donors (Lipinski definition) is 0. The molecule has 2 aromatic rings. The molecule has 0 aromatic heterocycles. The molecular weight excluding hydrogens is 566 g/mol. The lowest BCUT2D eigenvalue weighted by Gasteiger charge is -2.10. The Morgan fingerprint density at radius 3 is 1.48 bits per heavy atom. The van der Waals surface area contributed by atoms with Crippen molar-refractivity contribution in [1.82, 2.24) is 0 Å². The van der Waals surface area contributed by atoms with E-state index in [9.17, 15) is 8.78 Å². The van der Waals surface area contributed by atoms with E-state index >= 15 is 0 Å². The Labute approximate surface area is 165 Å². The lowest BCUT2D eigenvalue weighted by molar-refractivity contribution is 0.414. The first kappa shape index (κ1) is 18.8. The number of rotatable bonds is 4. The van der Waals surface area contributed by atoms with E-state index in [2.05, 4.69) is 63.7 Å². The third-order valence-electron chi connectivity index (χ3n) is 2.74. The van der Waals surface area contributed by atoms with Crippen molar-refractivity contribution >= 4 is 75.9 Å². The lowest BCUT2D eigenvalue weighted by Crippen LogP contribution is -1.94. The van der Waals surface area contributed by atoms with Crippen molar-refractivity contribution in [2.24, 2.45) is 0 Å². The number of hydrogen-bond acceptors (Lipinski definition) is 1. The molecule has 0 heterocycles. The van der Waals surface area contributed by atoms with Crippen LogP contribution in [0.25, 0.3) is 12.2 Å². The third kappa shape index (κ3) is 5.24. The van der Waals surface area contributed by atoms with E-state index in [1.165, 1.54) is 12.1 Å². The largest absolute Gasteiger partial charge is 0.451 e. The maximum absolute atomic E-state index is 14.4.